The molecule has 106 valence electrons. The molecule has 1 atom stereocenters. The third kappa shape index (κ3) is 3.50. The number of hydrogen-bond acceptors (Lipinski definition) is 2. The summed E-state index contributed by atoms with van der Waals surface area (Å²) in [7, 11) is 1.74. The first-order valence-corrected chi connectivity index (χ1v) is 7.43. The summed E-state index contributed by atoms with van der Waals surface area (Å²) in [4.78, 5) is 0. The van der Waals surface area contributed by atoms with Crippen molar-refractivity contribution in [2.24, 2.45) is 11.3 Å². The molecule has 0 radical (unpaired) electrons. The number of benzene rings is 1. The summed E-state index contributed by atoms with van der Waals surface area (Å²) in [5.41, 5.74) is 1.87. The van der Waals surface area contributed by atoms with E-state index in [9.17, 15) is 0 Å². The summed E-state index contributed by atoms with van der Waals surface area (Å²) in [5.74, 6) is 1.79. The van der Waals surface area contributed by atoms with Gasteiger partial charge in [0.1, 0.15) is 5.75 Å². The first kappa shape index (κ1) is 14.4. The highest BCUT2D eigenvalue weighted by Gasteiger charge is 2.44. The van der Waals surface area contributed by atoms with E-state index in [1.807, 2.05) is 12.1 Å². The van der Waals surface area contributed by atoms with Crippen LogP contribution in [0.25, 0.3) is 0 Å². The Morgan fingerprint density at radius 3 is 2.47 bits per heavy atom. The summed E-state index contributed by atoms with van der Waals surface area (Å²) in [5, 5.41) is 3.71. The SMILES string of the molecule is COc1ccccc1CC(C)NCC1(C(C)C)CC1. The van der Waals surface area contributed by atoms with Crippen molar-refractivity contribution in [1.29, 1.82) is 0 Å². The van der Waals surface area contributed by atoms with Gasteiger partial charge in [-0.05, 0) is 49.1 Å². The average Bonchev–Trinajstić information content (AvgIpc) is 3.18. The molecule has 0 heterocycles. The maximum atomic E-state index is 5.41. The first-order chi connectivity index (χ1) is 9.07. The molecule has 1 unspecified atom stereocenters. The van der Waals surface area contributed by atoms with Gasteiger partial charge in [-0.25, -0.2) is 0 Å². The lowest BCUT2D eigenvalue weighted by atomic mass is 9.92. The highest BCUT2D eigenvalue weighted by Crippen LogP contribution is 2.51. The molecule has 1 N–H and O–H groups in total. The van der Waals surface area contributed by atoms with Gasteiger partial charge in [-0.1, -0.05) is 32.0 Å². The van der Waals surface area contributed by atoms with E-state index in [4.69, 9.17) is 4.74 Å². The average molecular weight is 261 g/mol. The van der Waals surface area contributed by atoms with Crippen LogP contribution >= 0.6 is 0 Å². The minimum Gasteiger partial charge on any atom is -0.496 e. The maximum absolute atomic E-state index is 5.41. The van der Waals surface area contributed by atoms with Crippen molar-refractivity contribution in [3.8, 4) is 5.75 Å². The molecule has 0 spiro atoms. The number of ether oxygens (including phenoxy) is 1. The Labute approximate surface area is 117 Å². The Kier molecular flexibility index (Phi) is 4.51. The summed E-state index contributed by atoms with van der Waals surface area (Å²) in [6, 6.07) is 8.80. The van der Waals surface area contributed by atoms with Gasteiger partial charge < -0.3 is 10.1 Å². The van der Waals surface area contributed by atoms with E-state index in [1.54, 1.807) is 7.11 Å². The molecule has 19 heavy (non-hydrogen) atoms. The molecule has 0 aromatic heterocycles. The Morgan fingerprint density at radius 2 is 1.89 bits per heavy atom. The number of para-hydroxylation sites is 1. The van der Waals surface area contributed by atoms with Crippen molar-refractivity contribution in [3.63, 3.8) is 0 Å². The zero-order chi connectivity index (χ0) is 13.9. The van der Waals surface area contributed by atoms with Crippen molar-refractivity contribution in [3.05, 3.63) is 29.8 Å². The van der Waals surface area contributed by atoms with Crippen LogP contribution in [0, 0.1) is 11.3 Å². The molecule has 0 bridgehead atoms. The fraction of sp³-hybridized carbons (Fsp3) is 0.647. The second-order valence-electron chi connectivity index (χ2n) is 6.31. The van der Waals surface area contributed by atoms with E-state index in [1.165, 1.54) is 18.4 Å². The molecule has 2 heteroatoms. The Hall–Kier alpha value is -1.02. The Morgan fingerprint density at radius 1 is 1.21 bits per heavy atom. The van der Waals surface area contributed by atoms with Gasteiger partial charge in [0, 0.05) is 12.6 Å². The predicted molar refractivity (Wildman–Crippen MR) is 80.7 cm³/mol. The minimum absolute atomic E-state index is 0.493. The van der Waals surface area contributed by atoms with Crippen molar-refractivity contribution >= 4 is 0 Å². The zero-order valence-corrected chi connectivity index (χ0v) is 12.7. The van der Waals surface area contributed by atoms with E-state index in [-0.39, 0.29) is 0 Å². The van der Waals surface area contributed by atoms with Gasteiger partial charge in [-0.2, -0.15) is 0 Å². The minimum atomic E-state index is 0.493. The van der Waals surface area contributed by atoms with E-state index < -0.39 is 0 Å². The van der Waals surface area contributed by atoms with Gasteiger partial charge >= 0.3 is 0 Å². The quantitative estimate of drug-likeness (QED) is 0.809. The van der Waals surface area contributed by atoms with Crippen LogP contribution in [0.2, 0.25) is 0 Å². The topological polar surface area (TPSA) is 21.3 Å². The van der Waals surface area contributed by atoms with E-state index >= 15 is 0 Å². The van der Waals surface area contributed by atoms with Gasteiger partial charge in [0.05, 0.1) is 7.11 Å². The molecule has 1 fully saturated rings. The van der Waals surface area contributed by atoms with Gasteiger partial charge in [-0.15, -0.1) is 0 Å². The van der Waals surface area contributed by atoms with E-state index in [2.05, 4.69) is 38.2 Å². The Balaban J connectivity index is 1.86. The molecule has 2 nitrogen and oxygen atoms in total. The lowest BCUT2D eigenvalue weighted by Crippen LogP contribution is -2.35. The molecule has 1 aliphatic rings. The third-order valence-corrected chi connectivity index (χ3v) is 4.64. The number of rotatable bonds is 7. The fourth-order valence-electron chi connectivity index (χ4n) is 2.77. The summed E-state index contributed by atoms with van der Waals surface area (Å²) in [6.07, 6.45) is 3.80. The molecule has 1 saturated carbocycles. The van der Waals surface area contributed by atoms with Gasteiger partial charge in [0.25, 0.3) is 0 Å². The molecule has 1 aliphatic carbocycles. The number of hydrogen-bond donors (Lipinski definition) is 1. The lowest BCUT2D eigenvalue weighted by molar-refractivity contribution is 0.322. The summed E-state index contributed by atoms with van der Waals surface area (Å²) >= 11 is 0. The molecule has 2 rings (SSSR count). The van der Waals surface area contributed by atoms with Crippen LogP contribution in [0.3, 0.4) is 0 Å². The molecule has 0 saturated heterocycles. The lowest BCUT2D eigenvalue weighted by Gasteiger charge is -2.23. The molecule has 0 aliphatic heterocycles. The third-order valence-electron chi connectivity index (χ3n) is 4.64. The predicted octanol–water partition coefficient (Wildman–Crippen LogP) is 3.65. The van der Waals surface area contributed by atoms with Crippen molar-refractivity contribution in [2.45, 2.75) is 46.1 Å². The van der Waals surface area contributed by atoms with Crippen LogP contribution < -0.4 is 10.1 Å². The first-order valence-electron chi connectivity index (χ1n) is 7.43. The Bertz CT molecular complexity index is 409. The number of nitrogens with one attached hydrogen (secondary N) is 1. The van der Waals surface area contributed by atoms with Crippen LogP contribution in [0.4, 0.5) is 0 Å². The fourth-order valence-corrected chi connectivity index (χ4v) is 2.77. The monoisotopic (exact) mass is 261 g/mol. The van der Waals surface area contributed by atoms with Crippen molar-refractivity contribution in [1.82, 2.24) is 5.32 Å². The van der Waals surface area contributed by atoms with Gasteiger partial charge in [0.2, 0.25) is 0 Å². The zero-order valence-electron chi connectivity index (χ0n) is 12.7. The summed E-state index contributed by atoms with van der Waals surface area (Å²) < 4.78 is 5.41. The highest BCUT2D eigenvalue weighted by atomic mass is 16.5. The second-order valence-corrected chi connectivity index (χ2v) is 6.31. The largest absolute Gasteiger partial charge is 0.496 e. The van der Waals surface area contributed by atoms with Crippen molar-refractivity contribution in [2.75, 3.05) is 13.7 Å². The molecule has 1 aromatic rings. The van der Waals surface area contributed by atoms with Crippen LogP contribution in [0.1, 0.15) is 39.2 Å². The normalized spacial score (nSPS) is 18.4. The summed E-state index contributed by atoms with van der Waals surface area (Å²) in [6.45, 7) is 8.11. The smallest absolute Gasteiger partial charge is 0.122 e. The van der Waals surface area contributed by atoms with Crippen LogP contribution in [-0.4, -0.2) is 19.7 Å². The standard InChI is InChI=1S/C17H27NO/c1-13(2)17(9-10-17)12-18-14(3)11-15-7-5-6-8-16(15)19-4/h5-8,13-14,18H,9-12H2,1-4H3. The highest BCUT2D eigenvalue weighted by molar-refractivity contribution is 5.33. The molecule has 1 aromatic carbocycles. The van der Waals surface area contributed by atoms with E-state index in [0.717, 1.165) is 24.6 Å². The van der Waals surface area contributed by atoms with Crippen LogP contribution in [-0.2, 0) is 6.42 Å². The second kappa shape index (κ2) is 5.96. The van der Waals surface area contributed by atoms with Crippen LogP contribution in [0.15, 0.2) is 24.3 Å². The van der Waals surface area contributed by atoms with E-state index in [0.29, 0.717) is 11.5 Å². The molecular formula is C17H27NO. The van der Waals surface area contributed by atoms with Crippen LogP contribution in [0.5, 0.6) is 5.75 Å². The number of methoxy groups -OCH3 is 1. The molecular weight excluding hydrogens is 234 g/mol. The van der Waals surface area contributed by atoms with Gasteiger partial charge in [-0.3, -0.25) is 0 Å². The van der Waals surface area contributed by atoms with Crippen molar-refractivity contribution < 1.29 is 4.74 Å². The van der Waals surface area contributed by atoms with Gasteiger partial charge in [0.15, 0.2) is 0 Å². The maximum Gasteiger partial charge on any atom is 0.122 e. The molecule has 0 amide bonds.